The van der Waals surface area contributed by atoms with E-state index >= 15 is 0 Å². The molecule has 1 fully saturated rings. The number of hydrogen-bond acceptors (Lipinski definition) is 4. The van der Waals surface area contributed by atoms with E-state index in [0.29, 0.717) is 0 Å². The van der Waals surface area contributed by atoms with Crippen molar-refractivity contribution >= 4 is 0 Å². The molecule has 1 aliphatic rings. The summed E-state index contributed by atoms with van der Waals surface area (Å²) in [5.74, 6) is 1.56. The van der Waals surface area contributed by atoms with E-state index in [1.807, 2.05) is 6.07 Å². The zero-order valence-electron chi connectivity index (χ0n) is 11.6. The second-order valence-electron chi connectivity index (χ2n) is 4.94. The van der Waals surface area contributed by atoms with Crippen molar-refractivity contribution in [2.24, 2.45) is 0 Å². The monoisotopic (exact) mass is 250 g/mol. The van der Waals surface area contributed by atoms with Gasteiger partial charge in [0.25, 0.3) is 0 Å². The summed E-state index contributed by atoms with van der Waals surface area (Å²) in [7, 11) is 5.50. The molecule has 0 aliphatic carbocycles. The molecular weight excluding hydrogens is 228 g/mol. The number of rotatable bonds is 3. The maximum Gasteiger partial charge on any atom is 0.161 e. The number of ether oxygens (including phenoxy) is 2. The van der Waals surface area contributed by atoms with Crippen LogP contribution in [0.15, 0.2) is 18.2 Å². The van der Waals surface area contributed by atoms with Gasteiger partial charge in [-0.05, 0) is 31.7 Å². The predicted octanol–water partition coefficient (Wildman–Crippen LogP) is 1.45. The fraction of sp³-hybridized carbons (Fsp3) is 0.571. The molecule has 1 heterocycles. The number of hydrogen-bond donors (Lipinski definition) is 1. The number of nitrogens with one attached hydrogen (secondary N) is 1. The minimum Gasteiger partial charge on any atom is -0.493 e. The average Bonchev–Trinajstić information content (AvgIpc) is 2.41. The van der Waals surface area contributed by atoms with E-state index in [1.165, 1.54) is 5.56 Å². The maximum absolute atomic E-state index is 5.38. The van der Waals surface area contributed by atoms with Gasteiger partial charge in [0.1, 0.15) is 0 Å². The molecule has 0 aromatic heterocycles. The standard InChI is InChI=1S/C14H22N2O2/c1-14(10-15-7-8-16(14)2)11-5-6-12(17-3)13(9-11)18-4/h5-6,9,15H,7-8,10H2,1-4H3. The highest BCUT2D eigenvalue weighted by Crippen LogP contribution is 2.35. The third-order valence-electron chi connectivity index (χ3n) is 3.94. The zero-order valence-corrected chi connectivity index (χ0v) is 11.6. The van der Waals surface area contributed by atoms with E-state index in [-0.39, 0.29) is 5.54 Å². The molecule has 2 rings (SSSR count). The summed E-state index contributed by atoms with van der Waals surface area (Å²) in [6, 6.07) is 6.16. The van der Waals surface area contributed by atoms with Gasteiger partial charge < -0.3 is 14.8 Å². The molecule has 4 heteroatoms. The third-order valence-corrected chi connectivity index (χ3v) is 3.94. The van der Waals surface area contributed by atoms with Crippen molar-refractivity contribution in [3.63, 3.8) is 0 Å². The Morgan fingerprint density at radius 1 is 1.22 bits per heavy atom. The maximum atomic E-state index is 5.38. The van der Waals surface area contributed by atoms with Gasteiger partial charge in [0.2, 0.25) is 0 Å². The molecule has 0 radical (unpaired) electrons. The van der Waals surface area contributed by atoms with Crippen LogP contribution in [0.1, 0.15) is 12.5 Å². The SMILES string of the molecule is COc1ccc(C2(C)CNCCN2C)cc1OC. The molecule has 1 N–H and O–H groups in total. The van der Waals surface area contributed by atoms with Crippen molar-refractivity contribution in [2.75, 3.05) is 40.9 Å². The molecule has 0 amide bonds. The Bertz CT molecular complexity index is 422. The first-order valence-electron chi connectivity index (χ1n) is 6.26. The lowest BCUT2D eigenvalue weighted by molar-refractivity contribution is 0.103. The van der Waals surface area contributed by atoms with Crippen LogP contribution in [0, 0.1) is 0 Å². The Hall–Kier alpha value is -1.26. The quantitative estimate of drug-likeness (QED) is 0.880. The molecule has 0 bridgehead atoms. The van der Waals surface area contributed by atoms with Gasteiger partial charge in [0, 0.05) is 19.6 Å². The highest BCUT2D eigenvalue weighted by atomic mass is 16.5. The lowest BCUT2D eigenvalue weighted by atomic mass is 9.88. The van der Waals surface area contributed by atoms with E-state index in [2.05, 4.69) is 36.3 Å². The van der Waals surface area contributed by atoms with Gasteiger partial charge >= 0.3 is 0 Å². The average molecular weight is 250 g/mol. The Labute approximate surface area is 109 Å². The fourth-order valence-electron chi connectivity index (χ4n) is 2.45. The van der Waals surface area contributed by atoms with E-state index in [4.69, 9.17) is 9.47 Å². The van der Waals surface area contributed by atoms with Crippen LogP contribution in [0.2, 0.25) is 0 Å². The minimum atomic E-state index is -0.00218. The highest BCUT2D eigenvalue weighted by molar-refractivity contribution is 5.45. The van der Waals surface area contributed by atoms with Crippen molar-refractivity contribution in [1.29, 1.82) is 0 Å². The topological polar surface area (TPSA) is 33.7 Å². The Balaban J connectivity index is 2.37. The van der Waals surface area contributed by atoms with Crippen molar-refractivity contribution < 1.29 is 9.47 Å². The molecule has 100 valence electrons. The largest absolute Gasteiger partial charge is 0.493 e. The molecular formula is C14H22N2O2. The van der Waals surface area contributed by atoms with Gasteiger partial charge in [0.05, 0.1) is 19.8 Å². The molecule has 18 heavy (non-hydrogen) atoms. The highest BCUT2D eigenvalue weighted by Gasteiger charge is 2.34. The van der Waals surface area contributed by atoms with E-state index in [1.54, 1.807) is 14.2 Å². The number of likely N-dealkylation sites (N-methyl/N-ethyl adjacent to an activating group) is 1. The second-order valence-corrected chi connectivity index (χ2v) is 4.94. The van der Waals surface area contributed by atoms with Crippen molar-refractivity contribution in [2.45, 2.75) is 12.5 Å². The van der Waals surface area contributed by atoms with Crippen molar-refractivity contribution in [1.82, 2.24) is 10.2 Å². The van der Waals surface area contributed by atoms with Crippen molar-refractivity contribution in [3.05, 3.63) is 23.8 Å². The van der Waals surface area contributed by atoms with Crippen LogP contribution >= 0.6 is 0 Å². The normalized spacial score (nSPS) is 24.9. The molecule has 0 saturated carbocycles. The molecule has 0 spiro atoms. The van der Waals surface area contributed by atoms with Crippen LogP contribution in [-0.2, 0) is 5.54 Å². The van der Waals surface area contributed by atoms with Gasteiger partial charge in [-0.25, -0.2) is 0 Å². The predicted molar refractivity (Wildman–Crippen MR) is 72.4 cm³/mol. The summed E-state index contributed by atoms with van der Waals surface area (Å²) >= 11 is 0. The Morgan fingerprint density at radius 3 is 2.56 bits per heavy atom. The fourth-order valence-corrected chi connectivity index (χ4v) is 2.45. The molecule has 1 unspecified atom stereocenters. The first-order valence-corrected chi connectivity index (χ1v) is 6.26. The zero-order chi connectivity index (χ0) is 13.2. The van der Waals surface area contributed by atoms with Gasteiger partial charge in [-0.3, -0.25) is 4.90 Å². The van der Waals surface area contributed by atoms with E-state index in [9.17, 15) is 0 Å². The van der Waals surface area contributed by atoms with Crippen LogP contribution in [0.25, 0.3) is 0 Å². The lowest BCUT2D eigenvalue weighted by Gasteiger charge is -2.43. The summed E-state index contributed by atoms with van der Waals surface area (Å²) in [6.45, 7) is 5.28. The smallest absolute Gasteiger partial charge is 0.161 e. The number of nitrogens with zero attached hydrogens (tertiary/aromatic N) is 1. The molecule has 1 aromatic rings. The summed E-state index contributed by atoms with van der Waals surface area (Å²) in [4.78, 5) is 2.38. The molecule has 1 aliphatic heterocycles. The van der Waals surface area contributed by atoms with Crippen LogP contribution in [-0.4, -0.2) is 45.8 Å². The lowest BCUT2D eigenvalue weighted by Crippen LogP contribution is -2.55. The Kier molecular flexibility index (Phi) is 3.78. The summed E-state index contributed by atoms with van der Waals surface area (Å²) in [5.41, 5.74) is 1.24. The first-order chi connectivity index (χ1) is 8.61. The number of benzene rings is 1. The first kappa shape index (κ1) is 13.2. The van der Waals surface area contributed by atoms with Gasteiger partial charge in [0.15, 0.2) is 11.5 Å². The number of methoxy groups -OCH3 is 2. The van der Waals surface area contributed by atoms with Crippen LogP contribution in [0.3, 0.4) is 0 Å². The van der Waals surface area contributed by atoms with Gasteiger partial charge in [-0.2, -0.15) is 0 Å². The molecule has 1 atom stereocenters. The molecule has 1 saturated heterocycles. The Morgan fingerprint density at radius 2 is 1.94 bits per heavy atom. The molecule has 4 nitrogen and oxygen atoms in total. The van der Waals surface area contributed by atoms with Gasteiger partial charge in [-0.1, -0.05) is 6.07 Å². The van der Waals surface area contributed by atoms with Crippen LogP contribution < -0.4 is 14.8 Å². The summed E-state index contributed by atoms with van der Waals surface area (Å²) < 4.78 is 10.7. The van der Waals surface area contributed by atoms with Crippen LogP contribution in [0.4, 0.5) is 0 Å². The van der Waals surface area contributed by atoms with E-state index < -0.39 is 0 Å². The van der Waals surface area contributed by atoms with Crippen molar-refractivity contribution in [3.8, 4) is 11.5 Å². The van der Waals surface area contributed by atoms with E-state index in [0.717, 1.165) is 31.1 Å². The minimum absolute atomic E-state index is 0.00218. The van der Waals surface area contributed by atoms with Gasteiger partial charge in [-0.15, -0.1) is 0 Å². The molecule has 1 aromatic carbocycles. The summed E-state index contributed by atoms with van der Waals surface area (Å²) in [6.07, 6.45) is 0. The third kappa shape index (κ3) is 2.18. The summed E-state index contributed by atoms with van der Waals surface area (Å²) in [5, 5.41) is 3.46. The van der Waals surface area contributed by atoms with Crippen LogP contribution in [0.5, 0.6) is 11.5 Å². The number of piperazine rings is 1. The second kappa shape index (κ2) is 5.16.